The lowest BCUT2D eigenvalue weighted by Crippen LogP contribution is -2.22. The minimum absolute atomic E-state index is 0.0294. The zero-order valence-electron chi connectivity index (χ0n) is 19.6. The van der Waals surface area contributed by atoms with Gasteiger partial charge in [-0.25, -0.2) is 4.98 Å². The number of hydrogen-bond donors (Lipinski definition) is 0. The first-order valence-electron chi connectivity index (χ1n) is 11.0. The standard InChI is InChI=1S/C25H29BrIN3O3/c1-6-8-22-29-20-10-9-17(26)13-18(20)24(31)30(22)28-14-16-11-19(27)23(21(12-16)32-7-2)33-15-25(3,4)5/h9-14H,6-8,15H2,1-5H3. The van der Waals surface area contributed by atoms with Crippen molar-refractivity contribution in [3.05, 3.63) is 60.1 Å². The Balaban J connectivity index is 2.04. The number of ether oxygens (including phenoxy) is 2. The summed E-state index contributed by atoms with van der Waals surface area (Å²) in [6.07, 6.45) is 3.18. The van der Waals surface area contributed by atoms with Gasteiger partial charge >= 0.3 is 0 Å². The van der Waals surface area contributed by atoms with Crippen LogP contribution >= 0.6 is 38.5 Å². The molecular weight excluding hydrogens is 597 g/mol. The maximum Gasteiger partial charge on any atom is 0.282 e. The van der Waals surface area contributed by atoms with Crippen LogP contribution in [0.2, 0.25) is 0 Å². The highest BCUT2D eigenvalue weighted by atomic mass is 127. The topological polar surface area (TPSA) is 65.7 Å². The van der Waals surface area contributed by atoms with Crippen molar-refractivity contribution in [3.8, 4) is 11.5 Å². The summed E-state index contributed by atoms with van der Waals surface area (Å²) in [5, 5.41) is 5.06. The van der Waals surface area contributed by atoms with Crippen molar-refractivity contribution >= 4 is 55.6 Å². The average molecular weight is 626 g/mol. The number of hydrogen-bond acceptors (Lipinski definition) is 5. The molecule has 3 aromatic rings. The monoisotopic (exact) mass is 625 g/mol. The van der Waals surface area contributed by atoms with Crippen LogP contribution in [0.3, 0.4) is 0 Å². The van der Waals surface area contributed by atoms with E-state index in [1.165, 1.54) is 4.68 Å². The molecule has 0 fully saturated rings. The van der Waals surface area contributed by atoms with Crippen molar-refractivity contribution in [2.45, 2.75) is 47.5 Å². The first-order valence-corrected chi connectivity index (χ1v) is 12.8. The maximum absolute atomic E-state index is 13.2. The molecule has 0 aliphatic carbocycles. The summed E-state index contributed by atoms with van der Waals surface area (Å²) in [5.74, 6) is 2.03. The third-order valence-electron chi connectivity index (χ3n) is 4.65. The molecule has 0 N–H and O–H groups in total. The fourth-order valence-corrected chi connectivity index (χ4v) is 4.32. The smallest absolute Gasteiger partial charge is 0.282 e. The first kappa shape index (κ1) is 25.7. The maximum atomic E-state index is 13.2. The predicted molar refractivity (Wildman–Crippen MR) is 146 cm³/mol. The van der Waals surface area contributed by atoms with Crippen LogP contribution in [0.15, 0.2) is 44.7 Å². The van der Waals surface area contributed by atoms with Gasteiger partial charge in [0.25, 0.3) is 5.56 Å². The Morgan fingerprint density at radius 3 is 2.61 bits per heavy atom. The SMILES string of the molecule is CCCc1nc2ccc(Br)cc2c(=O)n1N=Cc1cc(I)c(OCC(C)(C)C)c(OCC)c1. The van der Waals surface area contributed by atoms with E-state index in [1.54, 1.807) is 12.3 Å². The lowest BCUT2D eigenvalue weighted by atomic mass is 9.99. The molecule has 0 atom stereocenters. The Kier molecular flexibility index (Phi) is 8.55. The van der Waals surface area contributed by atoms with Crippen LogP contribution in [0.25, 0.3) is 10.9 Å². The Bertz CT molecular complexity index is 1230. The summed E-state index contributed by atoms with van der Waals surface area (Å²) < 4.78 is 15.1. The van der Waals surface area contributed by atoms with E-state index < -0.39 is 0 Å². The van der Waals surface area contributed by atoms with Crippen molar-refractivity contribution in [1.82, 2.24) is 9.66 Å². The van der Waals surface area contributed by atoms with E-state index in [1.807, 2.05) is 31.2 Å². The number of rotatable bonds is 8. The van der Waals surface area contributed by atoms with Crippen LogP contribution in [0.4, 0.5) is 0 Å². The van der Waals surface area contributed by atoms with Crippen molar-refractivity contribution in [1.29, 1.82) is 0 Å². The second-order valence-corrected chi connectivity index (χ2v) is 11.0. The van der Waals surface area contributed by atoms with E-state index in [0.29, 0.717) is 42.1 Å². The highest BCUT2D eigenvalue weighted by molar-refractivity contribution is 14.1. The van der Waals surface area contributed by atoms with E-state index in [9.17, 15) is 4.79 Å². The van der Waals surface area contributed by atoms with Gasteiger partial charge < -0.3 is 9.47 Å². The first-order chi connectivity index (χ1) is 15.6. The molecule has 33 heavy (non-hydrogen) atoms. The van der Waals surface area contributed by atoms with Crippen LogP contribution in [-0.4, -0.2) is 29.1 Å². The average Bonchev–Trinajstić information content (AvgIpc) is 2.73. The van der Waals surface area contributed by atoms with Gasteiger partial charge in [0, 0.05) is 10.9 Å². The summed E-state index contributed by atoms with van der Waals surface area (Å²) in [6, 6.07) is 9.38. The molecule has 0 bridgehead atoms. The number of halogens is 2. The fourth-order valence-electron chi connectivity index (χ4n) is 3.18. The van der Waals surface area contributed by atoms with Gasteiger partial charge in [-0.2, -0.15) is 9.78 Å². The summed E-state index contributed by atoms with van der Waals surface area (Å²) in [5.41, 5.74) is 1.33. The van der Waals surface area contributed by atoms with Crippen molar-refractivity contribution < 1.29 is 9.47 Å². The third kappa shape index (κ3) is 6.56. The van der Waals surface area contributed by atoms with Gasteiger partial charge in [0.1, 0.15) is 5.82 Å². The van der Waals surface area contributed by atoms with E-state index in [4.69, 9.17) is 9.47 Å². The molecule has 0 saturated heterocycles. The molecule has 3 rings (SSSR count). The van der Waals surface area contributed by atoms with E-state index in [-0.39, 0.29) is 11.0 Å². The van der Waals surface area contributed by atoms with Crippen molar-refractivity contribution in [3.63, 3.8) is 0 Å². The highest BCUT2D eigenvalue weighted by Gasteiger charge is 2.17. The molecule has 2 aromatic carbocycles. The highest BCUT2D eigenvalue weighted by Crippen LogP contribution is 2.35. The van der Waals surface area contributed by atoms with Crippen LogP contribution in [0.1, 0.15) is 52.4 Å². The van der Waals surface area contributed by atoms with Gasteiger partial charge in [-0.05, 0) is 77.2 Å². The van der Waals surface area contributed by atoms with Crippen LogP contribution in [0, 0.1) is 8.99 Å². The van der Waals surface area contributed by atoms with Crippen LogP contribution < -0.4 is 15.0 Å². The van der Waals surface area contributed by atoms with Crippen LogP contribution in [0.5, 0.6) is 11.5 Å². The van der Waals surface area contributed by atoms with Gasteiger partial charge in [0.15, 0.2) is 11.5 Å². The fraction of sp³-hybridized carbons (Fsp3) is 0.400. The molecule has 0 unspecified atom stereocenters. The minimum Gasteiger partial charge on any atom is -0.490 e. The van der Waals surface area contributed by atoms with Crippen molar-refractivity contribution in [2.75, 3.05) is 13.2 Å². The number of benzene rings is 2. The van der Waals surface area contributed by atoms with Crippen molar-refractivity contribution in [2.24, 2.45) is 10.5 Å². The second-order valence-electron chi connectivity index (χ2n) is 8.91. The van der Waals surface area contributed by atoms with Gasteiger partial charge in [-0.1, -0.05) is 43.6 Å². The molecular formula is C25H29BrIN3O3. The van der Waals surface area contributed by atoms with E-state index >= 15 is 0 Å². The molecule has 0 amide bonds. The Hall–Kier alpha value is -1.94. The molecule has 8 heteroatoms. The number of aromatic nitrogens is 2. The van der Waals surface area contributed by atoms with Gasteiger partial charge in [0.05, 0.1) is 33.9 Å². The zero-order valence-corrected chi connectivity index (χ0v) is 23.4. The Morgan fingerprint density at radius 1 is 1.18 bits per heavy atom. The van der Waals surface area contributed by atoms with E-state index in [0.717, 1.165) is 25.8 Å². The molecule has 0 radical (unpaired) electrons. The molecule has 0 aliphatic rings. The lowest BCUT2D eigenvalue weighted by Gasteiger charge is -2.21. The number of aryl methyl sites for hydroxylation is 1. The number of nitrogens with zero attached hydrogens (tertiary/aromatic N) is 3. The molecule has 0 saturated carbocycles. The minimum atomic E-state index is -0.189. The summed E-state index contributed by atoms with van der Waals surface area (Å²) in [4.78, 5) is 17.9. The Labute approximate surface area is 216 Å². The Morgan fingerprint density at radius 2 is 1.94 bits per heavy atom. The largest absolute Gasteiger partial charge is 0.490 e. The normalized spacial score (nSPS) is 12.0. The van der Waals surface area contributed by atoms with Gasteiger partial charge in [-0.3, -0.25) is 4.79 Å². The lowest BCUT2D eigenvalue weighted by molar-refractivity contribution is 0.187. The summed E-state index contributed by atoms with van der Waals surface area (Å²) in [7, 11) is 0. The predicted octanol–water partition coefficient (Wildman–Crippen LogP) is 6.42. The molecule has 1 aromatic heterocycles. The van der Waals surface area contributed by atoms with Gasteiger partial charge in [-0.15, -0.1) is 0 Å². The quantitative estimate of drug-likeness (QED) is 0.214. The van der Waals surface area contributed by atoms with E-state index in [2.05, 4.69) is 76.3 Å². The molecule has 6 nitrogen and oxygen atoms in total. The molecule has 1 heterocycles. The number of fused-ring (bicyclic) bond motifs is 1. The molecule has 0 aliphatic heterocycles. The summed E-state index contributed by atoms with van der Waals surface area (Å²) in [6.45, 7) is 11.5. The second kappa shape index (κ2) is 11.0. The van der Waals surface area contributed by atoms with Crippen LogP contribution in [-0.2, 0) is 6.42 Å². The third-order valence-corrected chi connectivity index (χ3v) is 5.95. The molecule has 176 valence electrons. The zero-order chi connectivity index (χ0) is 24.2. The molecule has 0 spiro atoms. The summed E-state index contributed by atoms with van der Waals surface area (Å²) >= 11 is 5.68. The van der Waals surface area contributed by atoms with Gasteiger partial charge in [0.2, 0.25) is 0 Å².